The summed E-state index contributed by atoms with van der Waals surface area (Å²) >= 11 is 4.94. The van der Waals surface area contributed by atoms with Crippen molar-refractivity contribution in [1.82, 2.24) is 4.90 Å². The summed E-state index contributed by atoms with van der Waals surface area (Å²) in [5.41, 5.74) is 10.5. The van der Waals surface area contributed by atoms with Gasteiger partial charge in [0.05, 0.1) is 11.5 Å². The van der Waals surface area contributed by atoms with Gasteiger partial charge in [-0.3, -0.25) is 9.69 Å². The van der Waals surface area contributed by atoms with Crippen LogP contribution in [0, 0.1) is 5.41 Å². The molecule has 0 heterocycles. The third-order valence-electron chi connectivity index (χ3n) is 2.21. The number of hydrogen-bond donors (Lipinski definition) is 2. The molecule has 0 aliphatic carbocycles. The molecular formula is C9H19N3OS. The normalized spacial score (nSPS) is 11.7. The summed E-state index contributed by atoms with van der Waals surface area (Å²) in [6.07, 6.45) is 0.826. The standard InChI is InChI=1S/C9H19N3OS/c1-9(2,8(11)14)4-5-12(3)6-7(10)13/h4-6H2,1-3H3,(H2,10,13)(H2,11,14). The van der Waals surface area contributed by atoms with Crippen molar-refractivity contribution in [2.75, 3.05) is 20.1 Å². The van der Waals surface area contributed by atoms with E-state index in [1.165, 1.54) is 0 Å². The fourth-order valence-corrected chi connectivity index (χ4v) is 1.04. The number of thiocarbonyl (C=S) groups is 1. The number of likely N-dealkylation sites (N-methyl/N-ethyl adjacent to an activating group) is 1. The van der Waals surface area contributed by atoms with Gasteiger partial charge in [0, 0.05) is 5.41 Å². The van der Waals surface area contributed by atoms with Gasteiger partial charge in [-0.25, -0.2) is 0 Å². The summed E-state index contributed by atoms with van der Waals surface area (Å²) in [7, 11) is 1.85. The summed E-state index contributed by atoms with van der Waals surface area (Å²) < 4.78 is 0. The highest BCUT2D eigenvalue weighted by molar-refractivity contribution is 7.80. The SMILES string of the molecule is CN(CCC(C)(C)C(N)=S)CC(N)=O. The quantitative estimate of drug-likeness (QED) is 0.619. The van der Waals surface area contributed by atoms with Crippen LogP contribution in [0.2, 0.25) is 0 Å². The smallest absolute Gasteiger partial charge is 0.231 e. The zero-order chi connectivity index (χ0) is 11.4. The Balaban J connectivity index is 3.93. The van der Waals surface area contributed by atoms with Crippen LogP contribution in [0.4, 0.5) is 0 Å². The molecule has 0 aliphatic heterocycles. The van der Waals surface area contributed by atoms with Gasteiger partial charge in [-0.2, -0.15) is 0 Å². The van der Waals surface area contributed by atoms with Crippen LogP contribution in [0.1, 0.15) is 20.3 Å². The highest BCUT2D eigenvalue weighted by atomic mass is 32.1. The molecule has 14 heavy (non-hydrogen) atoms. The molecule has 1 amide bonds. The van der Waals surface area contributed by atoms with Gasteiger partial charge < -0.3 is 11.5 Å². The lowest BCUT2D eigenvalue weighted by Crippen LogP contribution is -2.36. The van der Waals surface area contributed by atoms with Crippen LogP contribution in [0.5, 0.6) is 0 Å². The maximum Gasteiger partial charge on any atom is 0.231 e. The number of carbonyl (C=O) groups is 1. The first-order valence-corrected chi connectivity index (χ1v) is 4.93. The van der Waals surface area contributed by atoms with Crippen molar-refractivity contribution in [3.05, 3.63) is 0 Å². The van der Waals surface area contributed by atoms with Crippen LogP contribution < -0.4 is 11.5 Å². The molecule has 0 atom stereocenters. The molecular weight excluding hydrogens is 198 g/mol. The number of hydrogen-bond acceptors (Lipinski definition) is 3. The van der Waals surface area contributed by atoms with Crippen LogP contribution >= 0.6 is 12.2 Å². The molecule has 0 radical (unpaired) electrons. The lowest BCUT2D eigenvalue weighted by molar-refractivity contribution is -0.118. The number of amides is 1. The fourth-order valence-electron chi connectivity index (χ4n) is 0.939. The van der Waals surface area contributed by atoms with Crippen molar-refractivity contribution in [2.45, 2.75) is 20.3 Å². The van der Waals surface area contributed by atoms with Crippen LogP contribution in [0.25, 0.3) is 0 Å². The van der Waals surface area contributed by atoms with Gasteiger partial charge in [-0.15, -0.1) is 0 Å². The molecule has 0 bridgehead atoms. The van der Waals surface area contributed by atoms with Crippen LogP contribution in [-0.4, -0.2) is 35.9 Å². The molecule has 4 N–H and O–H groups in total. The van der Waals surface area contributed by atoms with Crippen LogP contribution in [-0.2, 0) is 4.79 Å². The Kier molecular flexibility index (Phi) is 5.01. The maximum absolute atomic E-state index is 10.6. The van der Waals surface area contributed by atoms with Gasteiger partial charge >= 0.3 is 0 Å². The van der Waals surface area contributed by atoms with Gasteiger partial charge in [-0.1, -0.05) is 26.1 Å². The van der Waals surface area contributed by atoms with Gasteiger partial charge in [0.15, 0.2) is 0 Å². The van der Waals surface area contributed by atoms with E-state index in [0.717, 1.165) is 13.0 Å². The Morgan fingerprint density at radius 2 is 1.93 bits per heavy atom. The molecule has 5 heteroatoms. The van der Waals surface area contributed by atoms with Crippen molar-refractivity contribution in [3.8, 4) is 0 Å². The van der Waals surface area contributed by atoms with E-state index in [2.05, 4.69) is 0 Å². The average Bonchev–Trinajstić information content (AvgIpc) is 1.99. The van der Waals surface area contributed by atoms with E-state index < -0.39 is 0 Å². The third kappa shape index (κ3) is 5.14. The monoisotopic (exact) mass is 217 g/mol. The van der Waals surface area contributed by atoms with E-state index in [-0.39, 0.29) is 17.9 Å². The first-order valence-electron chi connectivity index (χ1n) is 4.52. The molecule has 0 unspecified atom stereocenters. The summed E-state index contributed by atoms with van der Waals surface area (Å²) in [6.45, 7) is 5.02. The predicted octanol–water partition coefficient (Wildman–Crippen LogP) is 0.106. The Labute approximate surface area is 90.6 Å². The lowest BCUT2D eigenvalue weighted by Gasteiger charge is -2.25. The molecule has 0 aromatic heterocycles. The third-order valence-corrected chi connectivity index (χ3v) is 2.76. The molecule has 0 rings (SSSR count). The highest BCUT2D eigenvalue weighted by Gasteiger charge is 2.21. The number of nitrogens with two attached hydrogens (primary N) is 2. The number of carbonyl (C=O) groups excluding carboxylic acids is 1. The number of primary amides is 1. The molecule has 0 aromatic carbocycles. The van der Waals surface area contributed by atoms with E-state index in [1.54, 1.807) is 0 Å². The van der Waals surface area contributed by atoms with E-state index >= 15 is 0 Å². The van der Waals surface area contributed by atoms with Crippen molar-refractivity contribution in [2.24, 2.45) is 16.9 Å². The van der Waals surface area contributed by atoms with Gasteiger partial charge in [-0.05, 0) is 20.0 Å². The average molecular weight is 217 g/mol. The minimum atomic E-state index is -0.319. The molecule has 4 nitrogen and oxygen atoms in total. The first kappa shape index (κ1) is 13.3. The molecule has 0 spiro atoms. The Morgan fingerprint density at radius 3 is 2.29 bits per heavy atom. The first-order chi connectivity index (χ1) is 6.25. The van der Waals surface area contributed by atoms with Gasteiger partial charge in [0.2, 0.25) is 5.91 Å². The summed E-state index contributed by atoms with van der Waals surface area (Å²) in [6, 6.07) is 0. The van der Waals surface area contributed by atoms with Gasteiger partial charge in [0.1, 0.15) is 0 Å². The van der Waals surface area contributed by atoms with Crippen molar-refractivity contribution >= 4 is 23.1 Å². The Morgan fingerprint density at radius 1 is 1.43 bits per heavy atom. The zero-order valence-electron chi connectivity index (χ0n) is 9.04. The zero-order valence-corrected chi connectivity index (χ0v) is 9.86. The minimum absolute atomic E-state index is 0.165. The summed E-state index contributed by atoms with van der Waals surface area (Å²) in [5.74, 6) is -0.319. The molecule has 82 valence electrons. The second kappa shape index (κ2) is 5.26. The van der Waals surface area contributed by atoms with Crippen molar-refractivity contribution in [1.29, 1.82) is 0 Å². The topological polar surface area (TPSA) is 72.3 Å². The van der Waals surface area contributed by atoms with Crippen molar-refractivity contribution in [3.63, 3.8) is 0 Å². The predicted molar refractivity (Wildman–Crippen MR) is 61.9 cm³/mol. The van der Waals surface area contributed by atoms with Crippen LogP contribution in [0.15, 0.2) is 0 Å². The number of rotatable bonds is 6. The molecule has 0 fully saturated rings. The Bertz CT molecular complexity index is 228. The van der Waals surface area contributed by atoms with E-state index in [1.807, 2.05) is 25.8 Å². The number of nitrogens with zero attached hydrogens (tertiary/aromatic N) is 1. The lowest BCUT2D eigenvalue weighted by atomic mass is 9.89. The molecule has 0 aromatic rings. The second-order valence-electron chi connectivity index (χ2n) is 4.20. The van der Waals surface area contributed by atoms with Gasteiger partial charge in [0.25, 0.3) is 0 Å². The Hall–Kier alpha value is -0.680. The second-order valence-corrected chi connectivity index (χ2v) is 4.64. The van der Waals surface area contributed by atoms with E-state index in [4.69, 9.17) is 23.7 Å². The maximum atomic E-state index is 10.6. The molecule has 0 aliphatic rings. The van der Waals surface area contributed by atoms with Crippen LogP contribution in [0.3, 0.4) is 0 Å². The molecule has 0 saturated heterocycles. The van der Waals surface area contributed by atoms with E-state index in [9.17, 15) is 4.79 Å². The summed E-state index contributed by atoms with van der Waals surface area (Å²) in [5, 5.41) is 0. The molecule has 0 saturated carbocycles. The minimum Gasteiger partial charge on any atom is -0.393 e. The largest absolute Gasteiger partial charge is 0.393 e. The fraction of sp³-hybridized carbons (Fsp3) is 0.778. The van der Waals surface area contributed by atoms with E-state index in [0.29, 0.717) is 4.99 Å². The summed E-state index contributed by atoms with van der Waals surface area (Å²) in [4.78, 5) is 13.0. The highest BCUT2D eigenvalue weighted by Crippen LogP contribution is 2.20. The van der Waals surface area contributed by atoms with Crippen molar-refractivity contribution < 1.29 is 4.79 Å².